The smallest absolute Gasteiger partial charge is 0.407 e. The van der Waals surface area contributed by atoms with Crippen LogP contribution in [0.5, 0.6) is 0 Å². The summed E-state index contributed by atoms with van der Waals surface area (Å²) in [6.45, 7) is 9.52. The highest BCUT2D eigenvalue weighted by molar-refractivity contribution is 6.01. The van der Waals surface area contributed by atoms with Gasteiger partial charge >= 0.3 is 12.2 Å². The number of amides is 5. The first kappa shape index (κ1) is 42.5. The molecule has 2 aromatic carbocycles. The summed E-state index contributed by atoms with van der Waals surface area (Å²) in [5, 5.41) is 11.9. The van der Waals surface area contributed by atoms with Crippen molar-refractivity contribution in [2.75, 3.05) is 47.1 Å². The van der Waals surface area contributed by atoms with E-state index >= 15 is 0 Å². The normalized spacial score (nSPS) is 26.0. The summed E-state index contributed by atoms with van der Waals surface area (Å²) in [5.41, 5.74) is 3.28. The zero-order valence-corrected chi connectivity index (χ0v) is 35.2. The van der Waals surface area contributed by atoms with Crippen LogP contribution < -0.4 is 21.3 Å². The minimum atomic E-state index is -0.882. The highest BCUT2D eigenvalue weighted by Crippen LogP contribution is 2.44. The molecule has 4 fully saturated rings. The van der Waals surface area contributed by atoms with Gasteiger partial charge in [0, 0.05) is 38.1 Å². The number of methoxy groups -OCH3 is 2. The van der Waals surface area contributed by atoms with Gasteiger partial charge < -0.3 is 50.2 Å². The molecule has 0 saturated carbocycles. The van der Waals surface area contributed by atoms with Crippen molar-refractivity contribution in [1.29, 1.82) is 0 Å². The number of hydrogen-bond donors (Lipinski definition) is 4. The predicted molar refractivity (Wildman–Crippen MR) is 221 cm³/mol. The summed E-state index contributed by atoms with van der Waals surface area (Å²) < 4.78 is 15.2. The average molecular weight is 828 g/mol. The Kier molecular flexibility index (Phi) is 12.1. The average Bonchev–Trinajstić information content (AvgIpc) is 3.99. The van der Waals surface area contributed by atoms with E-state index in [9.17, 15) is 28.8 Å². The molecule has 5 heterocycles. The van der Waals surface area contributed by atoms with E-state index in [1.54, 1.807) is 17.0 Å². The summed E-state index contributed by atoms with van der Waals surface area (Å²) >= 11 is 0. The topological polar surface area (TPSA) is 188 Å². The van der Waals surface area contributed by atoms with Crippen LogP contribution in [0.2, 0.25) is 0 Å². The summed E-state index contributed by atoms with van der Waals surface area (Å²) in [6.07, 6.45) is 4.23. The molecule has 60 heavy (non-hydrogen) atoms. The van der Waals surface area contributed by atoms with Crippen LogP contribution in [0, 0.1) is 11.3 Å². The number of ketones is 1. The number of nitrogens with one attached hydrogen (secondary N) is 4. The molecule has 4 N–H and O–H groups in total. The van der Waals surface area contributed by atoms with E-state index < -0.39 is 41.9 Å². The lowest BCUT2D eigenvalue weighted by Gasteiger charge is -2.44. The fourth-order valence-corrected chi connectivity index (χ4v) is 9.76. The molecular weight excluding hydrogens is 771 g/mol. The van der Waals surface area contributed by atoms with Crippen molar-refractivity contribution in [1.82, 2.24) is 36.0 Å². The summed E-state index contributed by atoms with van der Waals surface area (Å²) in [5.74, 6) is -1.40. The Morgan fingerprint density at radius 3 is 2.20 bits per heavy atom. The van der Waals surface area contributed by atoms with E-state index in [1.807, 2.05) is 68.3 Å². The standard InChI is InChI=1S/C44H57N7O9/c1-26(2)36(46-41(56)58-5)39(54)50-25-44(17-20-60-21-18-44)22-33(50)38(53)45-23-34(52)31-15-11-29(12-16-31)28-9-13-30(14-10-28)32-24-51-27(3)37(47-42(57)59-6)40(55)49-19-7-8-35(49)43(51,4)48-32/h9-16,24,26-27,33,35-37,48H,7-8,17-23,25H2,1-6H3,(H,45,53)(H,46,56)(H,47,57)/t27?,33?,35-,36?,37-,43?/m0/s1. The lowest BCUT2D eigenvalue weighted by atomic mass is 9.78. The van der Waals surface area contributed by atoms with E-state index in [-0.39, 0.29) is 47.6 Å². The predicted octanol–water partition coefficient (Wildman–Crippen LogP) is 3.47. The molecule has 16 heteroatoms. The Bertz CT molecular complexity index is 2020. The van der Waals surface area contributed by atoms with Gasteiger partial charge in [-0.1, -0.05) is 62.4 Å². The molecule has 6 atom stereocenters. The number of Topliss-reactive ketones (excluding diaryl/α,β-unsaturated/α-hetero) is 1. The van der Waals surface area contributed by atoms with Gasteiger partial charge in [-0.3, -0.25) is 19.2 Å². The molecule has 0 bridgehead atoms. The van der Waals surface area contributed by atoms with Crippen molar-refractivity contribution in [3.63, 3.8) is 0 Å². The number of carbonyl (C=O) groups excluding carboxylic acids is 6. The molecule has 0 aliphatic carbocycles. The lowest BCUT2D eigenvalue weighted by Crippen LogP contribution is -2.62. The number of carbonyl (C=O) groups is 6. The fourth-order valence-electron chi connectivity index (χ4n) is 9.76. The molecule has 0 radical (unpaired) electrons. The Balaban J connectivity index is 1.00. The van der Waals surface area contributed by atoms with Crippen molar-refractivity contribution in [2.24, 2.45) is 11.3 Å². The fraction of sp³-hybridized carbons (Fsp3) is 0.545. The van der Waals surface area contributed by atoms with Crippen molar-refractivity contribution >= 4 is 41.4 Å². The number of ether oxygens (including phenoxy) is 3. The lowest BCUT2D eigenvalue weighted by molar-refractivity contribution is -0.140. The van der Waals surface area contributed by atoms with Crippen LogP contribution in [0.3, 0.4) is 0 Å². The van der Waals surface area contributed by atoms with Crippen LogP contribution in [0.15, 0.2) is 54.7 Å². The largest absolute Gasteiger partial charge is 0.453 e. The highest BCUT2D eigenvalue weighted by Gasteiger charge is 2.56. The molecule has 2 aromatic rings. The number of likely N-dealkylation sites (tertiary alicyclic amines) is 1. The van der Waals surface area contributed by atoms with E-state index in [4.69, 9.17) is 14.2 Å². The van der Waals surface area contributed by atoms with Gasteiger partial charge in [0.1, 0.15) is 23.8 Å². The molecular formula is C44H57N7O9. The molecule has 0 aromatic heterocycles. The van der Waals surface area contributed by atoms with Crippen LogP contribution in [-0.2, 0) is 28.6 Å². The van der Waals surface area contributed by atoms with Crippen LogP contribution in [0.4, 0.5) is 9.59 Å². The SMILES string of the molecule is COC(=O)NC(C(=O)N1CC2(CCOCC2)CC1C(=O)NCC(=O)c1ccc(-c2ccc(C3=CN4C(C)[C@H](NC(=O)OC)C(=O)N5CCC[C@H]5C4(C)N3)cc2)cc1)C(C)C. The second-order valence-corrected chi connectivity index (χ2v) is 17.2. The molecule has 5 amide bonds. The molecule has 4 unspecified atom stereocenters. The third-order valence-corrected chi connectivity index (χ3v) is 13.2. The molecule has 16 nitrogen and oxygen atoms in total. The van der Waals surface area contributed by atoms with E-state index in [2.05, 4.69) is 33.1 Å². The first-order valence-corrected chi connectivity index (χ1v) is 20.9. The van der Waals surface area contributed by atoms with Crippen LogP contribution in [0.25, 0.3) is 16.8 Å². The Morgan fingerprint density at radius 2 is 1.57 bits per heavy atom. The summed E-state index contributed by atoms with van der Waals surface area (Å²) in [4.78, 5) is 84.6. The van der Waals surface area contributed by atoms with Gasteiger partial charge in [-0.2, -0.15) is 0 Å². The van der Waals surface area contributed by atoms with Crippen molar-refractivity contribution < 1.29 is 43.0 Å². The van der Waals surface area contributed by atoms with E-state index in [1.165, 1.54) is 14.2 Å². The van der Waals surface area contributed by atoms with Crippen LogP contribution in [-0.4, -0.2) is 133 Å². The molecule has 322 valence electrons. The molecule has 5 aliphatic rings. The molecule has 1 spiro atoms. The van der Waals surface area contributed by atoms with Gasteiger partial charge in [0.25, 0.3) is 0 Å². The Labute approximate surface area is 350 Å². The Hall–Kier alpha value is -5.64. The molecule has 5 aliphatic heterocycles. The maximum Gasteiger partial charge on any atom is 0.407 e. The maximum absolute atomic E-state index is 13.9. The van der Waals surface area contributed by atoms with Gasteiger partial charge in [0.15, 0.2) is 5.78 Å². The number of alkyl carbamates (subject to hydrolysis) is 2. The Morgan fingerprint density at radius 1 is 0.933 bits per heavy atom. The van der Waals surface area contributed by atoms with Gasteiger partial charge in [0.05, 0.1) is 38.5 Å². The highest BCUT2D eigenvalue weighted by atomic mass is 16.5. The third-order valence-electron chi connectivity index (χ3n) is 13.2. The van der Waals surface area contributed by atoms with Crippen molar-refractivity contribution in [3.05, 3.63) is 65.9 Å². The molecule has 7 rings (SSSR count). The van der Waals surface area contributed by atoms with Crippen LogP contribution in [0.1, 0.15) is 75.7 Å². The van der Waals surface area contributed by atoms with Crippen LogP contribution >= 0.6 is 0 Å². The van der Waals surface area contributed by atoms with Gasteiger partial charge in [-0.25, -0.2) is 9.59 Å². The van der Waals surface area contributed by atoms with E-state index in [0.717, 1.165) is 35.2 Å². The summed E-state index contributed by atoms with van der Waals surface area (Å²) in [6, 6.07) is 12.4. The summed E-state index contributed by atoms with van der Waals surface area (Å²) in [7, 11) is 2.52. The zero-order valence-electron chi connectivity index (χ0n) is 35.2. The maximum atomic E-state index is 13.9. The number of hydrogen-bond acceptors (Lipinski definition) is 11. The van der Waals surface area contributed by atoms with E-state index in [0.29, 0.717) is 51.1 Å². The van der Waals surface area contributed by atoms with Gasteiger partial charge in [-0.05, 0) is 74.0 Å². The second-order valence-electron chi connectivity index (χ2n) is 17.2. The van der Waals surface area contributed by atoms with Gasteiger partial charge in [-0.15, -0.1) is 0 Å². The van der Waals surface area contributed by atoms with Crippen molar-refractivity contribution in [2.45, 2.75) is 95.7 Å². The monoisotopic (exact) mass is 827 g/mol. The second kappa shape index (κ2) is 17.1. The first-order valence-electron chi connectivity index (χ1n) is 20.9. The molecule has 4 saturated heterocycles. The first-order chi connectivity index (χ1) is 28.7. The number of benzene rings is 2. The van der Waals surface area contributed by atoms with Crippen molar-refractivity contribution in [3.8, 4) is 11.1 Å². The third kappa shape index (κ3) is 8.13. The minimum Gasteiger partial charge on any atom is -0.453 e. The minimum absolute atomic E-state index is 0.0930. The zero-order chi connectivity index (χ0) is 42.9. The number of rotatable bonds is 10. The quantitative estimate of drug-likeness (QED) is 0.257. The van der Waals surface area contributed by atoms with Gasteiger partial charge in [0.2, 0.25) is 17.7 Å². The number of nitrogens with zero attached hydrogens (tertiary/aromatic N) is 3. The number of fused-ring (bicyclic) bond motifs is 3.